The summed E-state index contributed by atoms with van der Waals surface area (Å²) >= 11 is 9.31. The van der Waals surface area contributed by atoms with E-state index in [2.05, 4.69) is 47.3 Å². The second-order valence-corrected chi connectivity index (χ2v) is 6.68. The van der Waals surface area contributed by atoms with Gasteiger partial charge in [0.25, 0.3) is 0 Å². The predicted molar refractivity (Wildman–Crippen MR) is 49.6 cm³/mol. The Labute approximate surface area is 70.9 Å². The molecule has 0 aliphatic rings. The molecule has 0 aliphatic carbocycles. The molecule has 0 amide bonds. The highest BCUT2D eigenvalue weighted by Gasteiger charge is 1.87. The highest BCUT2D eigenvalue weighted by molar-refractivity contribution is 9.69. The fraction of sp³-hybridized carbons (Fsp3) is 1.00. The van der Waals surface area contributed by atoms with Crippen molar-refractivity contribution in [3.8, 4) is 0 Å². The molecule has 0 unspecified atom stereocenters. The van der Waals surface area contributed by atoms with E-state index < -0.39 is 0 Å². The zero-order valence-corrected chi connectivity index (χ0v) is 7.97. The van der Waals surface area contributed by atoms with Crippen LogP contribution >= 0.6 is 60.8 Å². The van der Waals surface area contributed by atoms with Crippen LogP contribution in [-0.4, -0.2) is 3.18 Å². The van der Waals surface area contributed by atoms with Crippen LogP contribution in [0.5, 0.6) is 0 Å². The average molecular weight is 301 g/mol. The van der Waals surface area contributed by atoms with E-state index in [1.165, 1.54) is 0 Å². The van der Waals surface area contributed by atoms with Crippen LogP contribution in [-0.2, 0) is 0 Å². The maximum absolute atomic E-state index is 3.10. The summed E-state index contributed by atoms with van der Waals surface area (Å²) in [6.45, 7) is 0. The van der Waals surface area contributed by atoms with Crippen molar-refractivity contribution < 1.29 is 0 Å². The molecule has 0 heterocycles. The van der Waals surface area contributed by atoms with E-state index in [1.54, 1.807) is 0 Å². The lowest BCUT2D eigenvalue weighted by Crippen LogP contribution is -1.60. The minimum absolute atomic E-state index is 0. The monoisotopic (exact) mass is 298 g/mol. The number of hydrogen-bond acceptors (Lipinski definition) is 0. The Kier molecular flexibility index (Phi) is 26.0. The Morgan fingerprint density at radius 2 is 1.00 bits per heavy atom. The summed E-state index contributed by atoms with van der Waals surface area (Å²) in [5.74, 6) is 0. The van der Waals surface area contributed by atoms with Gasteiger partial charge in [-0.3, -0.25) is 0 Å². The van der Waals surface area contributed by atoms with Crippen LogP contribution in [0, 0.1) is 0 Å². The molecule has 40 valence electrons. The van der Waals surface area contributed by atoms with Gasteiger partial charge in [0.2, 0.25) is 0 Å². The van der Waals surface area contributed by atoms with Gasteiger partial charge >= 0.3 is 3.18 Å². The molecular formula is CH6BBr3S. The Balaban J connectivity index is -0.0000000450. The zero-order chi connectivity index (χ0) is 3.58. The van der Waals surface area contributed by atoms with Gasteiger partial charge in [0, 0.05) is 0 Å². The minimum Gasteiger partial charge on any atom is -0.197 e. The Bertz CT molecular complexity index is 15.5. The topological polar surface area (TPSA) is 0 Å². The third-order valence-electron chi connectivity index (χ3n) is 0. The van der Waals surface area contributed by atoms with Crippen LogP contribution in [0.4, 0.5) is 0 Å². The van der Waals surface area contributed by atoms with Crippen LogP contribution in [0.25, 0.3) is 0 Å². The summed E-state index contributed by atoms with van der Waals surface area (Å²) in [5, 5.41) is 0. The Hall–Kier alpha value is 1.85. The Morgan fingerprint density at radius 3 is 1.00 bits per heavy atom. The van der Waals surface area contributed by atoms with Crippen molar-refractivity contribution in [1.82, 2.24) is 0 Å². The minimum atomic E-state index is 0. The first-order valence-corrected chi connectivity index (χ1v) is 3.40. The van der Waals surface area contributed by atoms with Crippen LogP contribution in [0.1, 0.15) is 7.43 Å². The maximum Gasteiger partial charge on any atom is 0.369 e. The van der Waals surface area contributed by atoms with Gasteiger partial charge in [-0.15, -0.1) is 47.3 Å². The largest absolute Gasteiger partial charge is 0.369 e. The molecule has 6 heavy (non-hydrogen) atoms. The lowest BCUT2D eigenvalue weighted by Gasteiger charge is -1.63. The molecule has 0 aromatic heterocycles. The van der Waals surface area contributed by atoms with Crippen molar-refractivity contribution >= 4 is 64.0 Å². The maximum atomic E-state index is 3.10. The van der Waals surface area contributed by atoms with E-state index in [9.17, 15) is 0 Å². The zero-order valence-electron chi connectivity index (χ0n) is 2.21. The molecule has 0 rings (SSSR count). The van der Waals surface area contributed by atoms with Crippen molar-refractivity contribution in [3.05, 3.63) is 0 Å². The number of rotatable bonds is 0. The quantitative estimate of drug-likeness (QED) is 0.604. The normalized spacial score (nSPS) is 4.50. The molecule has 0 radical (unpaired) electrons. The molecule has 0 saturated heterocycles. The van der Waals surface area contributed by atoms with Gasteiger partial charge in [0.1, 0.15) is 0 Å². The lowest BCUT2D eigenvalue weighted by molar-refractivity contribution is 2.50. The predicted octanol–water partition coefficient (Wildman–Crippen LogP) is 2.90. The first-order valence-electron chi connectivity index (χ1n) is 0.655. The summed E-state index contributed by atoms with van der Waals surface area (Å²) < 4.78 is 0.271. The van der Waals surface area contributed by atoms with E-state index in [1.807, 2.05) is 0 Å². The molecule has 0 bridgehead atoms. The highest BCUT2D eigenvalue weighted by atomic mass is 79.9. The van der Waals surface area contributed by atoms with Crippen molar-refractivity contribution in [2.24, 2.45) is 0 Å². The molecular weight excluding hydrogens is 295 g/mol. The number of halogens is 3. The summed E-state index contributed by atoms with van der Waals surface area (Å²) in [6, 6.07) is 0. The van der Waals surface area contributed by atoms with Crippen molar-refractivity contribution in [2.45, 2.75) is 7.43 Å². The van der Waals surface area contributed by atoms with Gasteiger partial charge in [-0.2, -0.15) is 13.5 Å². The molecule has 5 heteroatoms. The van der Waals surface area contributed by atoms with Gasteiger partial charge in [-0.25, -0.2) is 0 Å². The lowest BCUT2D eigenvalue weighted by atomic mass is 10.8. The smallest absolute Gasteiger partial charge is 0.197 e. The summed E-state index contributed by atoms with van der Waals surface area (Å²) in [6.07, 6.45) is 0. The number of hydrogen-bond donors (Lipinski definition) is 0. The Morgan fingerprint density at radius 1 is 1.00 bits per heavy atom. The van der Waals surface area contributed by atoms with E-state index in [-0.39, 0.29) is 24.1 Å². The molecule has 0 aromatic carbocycles. The second kappa shape index (κ2) is 9.97. The van der Waals surface area contributed by atoms with E-state index in [0.29, 0.717) is 0 Å². The standard InChI is InChI=1S/CH4.BBr3.H2S/c;2-1(3)4;/h1H4;;1H2. The molecule has 0 fully saturated rings. The van der Waals surface area contributed by atoms with Crippen LogP contribution in [0.15, 0.2) is 0 Å². The van der Waals surface area contributed by atoms with Crippen LogP contribution in [0.3, 0.4) is 0 Å². The average Bonchev–Trinajstić information content (AvgIpc) is 0.811. The molecule has 0 aromatic rings. The molecule has 0 saturated carbocycles. The summed E-state index contributed by atoms with van der Waals surface area (Å²) in [4.78, 5) is 0. The van der Waals surface area contributed by atoms with Gasteiger partial charge in [0.15, 0.2) is 0 Å². The van der Waals surface area contributed by atoms with Crippen molar-refractivity contribution in [2.75, 3.05) is 0 Å². The van der Waals surface area contributed by atoms with Crippen LogP contribution in [0.2, 0.25) is 0 Å². The molecule has 0 nitrogen and oxygen atoms in total. The van der Waals surface area contributed by atoms with Crippen molar-refractivity contribution in [3.63, 3.8) is 0 Å². The van der Waals surface area contributed by atoms with E-state index in [4.69, 9.17) is 0 Å². The fourth-order valence-electron chi connectivity index (χ4n) is 0. The third-order valence-corrected chi connectivity index (χ3v) is 0. The molecule has 0 spiro atoms. The summed E-state index contributed by atoms with van der Waals surface area (Å²) in [5.41, 5.74) is 0. The molecule has 0 aliphatic heterocycles. The molecule has 0 N–H and O–H groups in total. The van der Waals surface area contributed by atoms with E-state index >= 15 is 0 Å². The van der Waals surface area contributed by atoms with Gasteiger partial charge in [-0.05, 0) is 0 Å². The fourth-order valence-corrected chi connectivity index (χ4v) is 0. The van der Waals surface area contributed by atoms with E-state index in [0.717, 1.165) is 0 Å². The highest BCUT2D eigenvalue weighted by Crippen LogP contribution is 2.07. The van der Waals surface area contributed by atoms with Gasteiger partial charge in [0.05, 0.1) is 0 Å². The van der Waals surface area contributed by atoms with Crippen LogP contribution < -0.4 is 0 Å². The van der Waals surface area contributed by atoms with Gasteiger partial charge in [-0.1, -0.05) is 7.43 Å². The first-order chi connectivity index (χ1) is 1.73. The molecule has 0 atom stereocenters. The van der Waals surface area contributed by atoms with Gasteiger partial charge < -0.3 is 0 Å². The van der Waals surface area contributed by atoms with Crippen molar-refractivity contribution in [1.29, 1.82) is 0 Å². The SMILES string of the molecule is BrB(Br)Br.C.S. The third kappa shape index (κ3) is 40.1. The second-order valence-electron chi connectivity index (χ2n) is 0.247. The first kappa shape index (κ1) is 15.7. The summed E-state index contributed by atoms with van der Waals surface area (Å²) in [7, 11) is 0.